The van der Waals surface area contributed by atoms with E-state index in [2.05, 4.69) is 15.3 Å². The topological polar surface area (TPSA) is 80.1 Å². The van der Waals surface area contributed by atoms with Crippen LogP contribution in [-0.4, -0.2) is 43.8 Å². The number of pyridine rings is 1. The van der Waals surface area contributed by atoms with Crippen molar-refractivity contribution in [1.82, 2.24) is 24.8 Å². The molecule has 0 aliphatic carbocycles. The fourth-order valence-electron chi connectivity index (χ4n) is 3.73. The lowest BCUT2D eigenvalue weighted by Crippen LogP contribution is -2.45. The quantitative estimate of drug-likeness (QED) is 0.631. The summed E-state index contributed by atoms with van der Waals surface area (Å²) >= 11 is 12.2. The average Bonchev–Trinajstić information content (AvgIpc) is 3.42. The Morgan fingerprint density at radius 1 is 1.16 bits per heavy atom. The highest BCUT2D eigenvalue weighted by atomic mass is 35.5. The molecule has 1 N–H and O–H groups in total. The third kappa shape index (κ3) is 4.57. The number of amides is 2. The van der Waals surface area contributed by atoms with Crippen LogP contribution in [0.2, 0.25) is 10.0 Å². The van der Waals surface area contributed by atoms with Crippen LogP contribution in [-0.2, 0) is 11.3 Å². The van der Waals surface area contributed by atoms with Gasteiger partial charge >= 0.3 is 0 Å². The summed E-state index contributed by atoms with van der Waals surface area (Å²) < 4.78 is 1.87. The van der Waals surface area contributed by atoms with Crippen LogP contribution in [0.15, 0.2) is 48.9 Å². The van der Waals surface area contributed by atoms with Crippen molar-refractivity contribution < 1.29 is 9.59 Å². The predicted molar refractivity (Wildman–Crippen MR) is 118 cm³/mol. The first-order valence-corrected chi connectivity index (χ1v) is 10.7. The normalized spacial score (nSPS) is 15.8. The van der Waals surface area contributed by atoms with Crippen LogP contribution in [0.1, 0.15) is 34.6 Å². The molecule has 7 nitrogen and oxygen atoms in total. The molecule has 1 fully saturated rings. The van der Waals surface area contributed by atoms with Gasteiger partial charge in [0.2, 0.25) is 5.91 Å². The second kappa shape index (κ2) is 9.08. The van der Waals surface area contributed by atoms with Gasteiger partial charge < -0.3 is 10.2 Å². The molecule has 3 heterocycles. The second-order valence-corrected chi connectivity index (χ2v) is 8.21. The van der Waals surface area contributed by atoms with Crippen LogP contribution in [0, 0.1) is 6.92 Å². The molecule has 160 valence electrons. The standard InChI is InChI=1S/C22H21Cl2N5O2/c1-14-25-8-10-28(14)20-11-15(6-7-26-20)13-27-21(30)19-3-2-9-29(19)22(31)17-12-16(23)4-5-18(17)24/h4-8,10-12,19H,2-3,9,13H2,1H3,(H,27,30). The smallest absolute Gasteiger partial charge is 0.256 e. The summed E-state index contributed by atoms with van der Waals surface area (Å²) in [6.07, 6.45) is 6.60. The largest absolute Gasteiger partial charge is 0.350 e. The minimum atomic E-state index is -0.542. The van der Waals surface area contributed by atoms with E-state index in [0.29, 0.717) is 35.1 Å². The lowest BCUT2D eigenvalue weighted by atomic mass is 10.1. The number of hydrogen-bond acceptors (Lipinski definition) is 4. The molecular weight excluding hydrogens is 437 g/mol. The number of carbonyl (C=O) groups excluding carboxylic acids is 2. The molecule has 1 aromatic carbocycles. The van der Waals surface area contributed by atoms with E-state index >= 15 is 0 Å². The number of halogens is 2. The maximum atomic E-state index is 13.0. The summed E-state index contributed by atoms with van der Waals surface area (Å²) in [5, 5.41) is 3.69. The van der Waals surface area contributed by atoms with Crippen LogP contribution in [0.25, 0.3) is 5.82 Å². The van der Waals surface area contributed by atoms with E-state index < -0.39 is 6.04 Å². The number of likely N-dealkylation sites (tertiary alicyclic amines) is 1. The Kier molecular flexibility index (Phi) is 6.25. The van der Waals surface area contributed by atoms with Crippen LogP contribution in [0.5, 0.6) is 0 Å². The first-order chi connectivity index (χ1) is 14.9. The van der Waals surface area contributed by atoms with Crippen LogP contribution in [0.3, 0.4) is 0 Å². The molecule has 1 saturated heterocycles. The van der Waals surface area contributed by atoms with E-state index in [9.17, 15) is 9.59 Å². The molecule has 0 radical (unpaired) electrons. The fourth-order valence-corrected chi connectivity index (χ4v) is 4.10. The van der Waals surface area contributed by atoms with E-state index in [1.54, 1.807) is 29.4 Å². The van der Waals surface area contributed by atoms with Gasteiger partial charge in [0.1, 0.15) is 17.7 Å². The zero-order chi connectivity index (χ0) is 22.0. The summed E-state index contributed by atoms with van der Waals surface area (Å²) in [6, 6.07) is 7.96. The lowest BCUT2D eigenvalue weighted by molar-refractivity contribution is -0.125. The molecule has 3 aromatic rings. The zero-order valence-electron chi connectivity index (χ0n) is 16.9. The van der Waals surface area contributed by atoms with Gasteiger partial charge in [0.15, 0.2) is 0 Å². The molecule has 9 heteroatoms. The molecule has 1 atom stereocenters. The van der Waals surface area contributed by atoms with Crippen molar-refractivity contribution in [2.45, 2.75) is 32.4 Å². The van der Waals surface area contributed by atoms with Crippen LogP contribution < -0.4 is 5.32 Å². The number of benzene rings is 1. The van der Waals surface area contributed by atoms with Gasteiger partial charge in [0, 0.05) is 36.7 Å². The molecule has 1 aliphatic heterocycles. The number of aryl methyl sites for hydroxylation is 1. The fraction of sp³-hybridized carbons (Fsp3) is 0.273. The Morgan fingerprint density at radius 2 is 2.00 bits per heavy atom. The summed E-state index contributed by atoms with van der Waals surface area (Å²) in [5.41, 5.74) is 1.21. The summed E-state index contributed by atoms with van der Waals surface area (Å²) in [4.78, 5) is 36.0. The highest BCUT2D eigenvalue weighted by Gasteiger charge is 2.35. The molecule has 1 aliphatic rings. The average molecular weight is 458 g/mol. The predicted octanol–water partition coefficient (Wildman–Crippen LogP) is 3.80. The van der Waals surface area contributed by atoms with Crippen molar-refractivity contribution in [3.05, 3.63) is 75.9 Å². The SMILES string of the molecule is Cc1nccn1-c1cc(CNC(=O)C2CCCN2C(=O)c2cc(Cl)ccc2Cl)ccn1. The van der Waals surface area contributed by atoms with Crippen molar-refractivity contribution in [3.8, 4) is 5.82 Å². The zero-order valence-corrected chi connectivity index (χ0v) is 18.4. The first-order valence-electron chi connectivity index (χ1n) is 9.93. The third-order valence-corrected chi connectivity index (χ3v) is 5.89. The molecular formula is C22H21Cl2N5O2. The maximum absolute atomic E-state index is 13.0. The van der Waals surface area contributed by atoms with E-state index in [1.807, 2.05) is 29.8 Å². The number of nitrogens with one attached hydrogen (secondary N) is 1. The molecule has 31 heavy (non-hydrogen) atoms. The van der Waals surface area contributed by atoms with Crippen molar-refractivity contribution >= 4 is 35.0 Å². The number of imidazole rings is 1. The van der Waals surface area contributed by atoms with Gasteiger partial charge in [0.25, 0.3) is 5.91 Å². The Morgan fingerprint density at radius 3 is 2.77 bits per heavy atom. The molecule has 2 aromatic heterocycles. The van der Waals surface area contributed by atoms with Gasteiger partial charge in [-0.15, -0.1) is 0 Å². The molecule has 0 spiro atoms. The molecule has 0 saturated carbocycles. The number of aromatic nitrogens is 3. The Hall–Kier alpha value is -2.90. The minimum Gasteiger partial charge on any atom is -0.350 e. The van der Waals surface area contributed by atoms with Gasteiger partial charge in [-0.05, 0) is 55.7 Å². The Bertz CT molecular complexity index is 1130. The molecule has 2 amide bonds. The first kappa shape index (κ1) is 21.3. The summed E-state index contributed by atoms with van der Waals surface area (Å²) in [5.74, 6) is 1.08. The van der Waals surface area contributed by atoms with Crippen molar-refractivity contribution in [2.75, 3.05) is 6.54 Å². The van der Waals surface area contributed by atoms with E-state index in [0.717, 1.165) is 23.6 Å². The number of hydrogen-bond donors (Lipinski definition) is 1. The molecule has 0 bridgehead atoms. The summed E-state index contributed by atoms with van der Waals surface area (Å²) in [6.45, 7) is 2.73. The molecule has 1 unspecified atom stereocenters. The lowest BCUT2D eigenvalue weighted by Gasteiger charge is -2.24. The van der Waals surface area contributed by atoms with Crippen LogP contribution in [0.4, 0.5) is 0 Å². The summed E-state index contributed by atoms with van der Waals surface area (Å²) in [7, 11) is 0. The van der Waals surface area contributed by atoms with Gasteiger partial charge in [-0.3, -0.25) is 14.2 Å². The minimum absolute atomic E-state index is 0.193. The number of carbonyl (C=O) groups is 2. The number of nitrogens with zero attached hydrogens (tertiary/aromatic N) is 4. The second-order valence-electron chi connectivity index (χ2n) is 7.37. The third-order valence-electron chi connectivity index (χ3n) is 5.32. The monoisotopic (exact) mass is 457 g/mol. The van der Waals surface area contributed by atoms with Gasteiger partial charge in [-0.25, -0.2) is 9.97 Å². The van der Waals surface area contributed by atoms with Crippen LogP contribution >= 0.6 is 23.2 Å². The molecule has 4 rings (SSSR count). The van der Waals surface area contributed by atoms with Crippen molar-refractivity contribution in [1.29, 1.82) is 0 Å². The Labute approximate surface area is 190 Å². The van der Waals surface area contributed by atoms with Gasteiger partial charge in [-0.2, -0.15) is 0 Å². The van der Waals surface area contributed by atoms with Gasteiger partial charge in [-0.1, -0.05) is 23.2 Å². The van der Waals surface area contributed by atoms with Crippen molar-refractivity contribution in [3.63, 3.8) is 0 Å². The van der Waals surface area contributed by atoms with E-state index in [1.165, 1.54) is 6.07 Å². The van der Waals surface area contributed by atoms with Gasteiger partial charge in [0.05, 0.1) is 10.6 Å². The Balaban J connectivity index is 1.44. The highest BCUT2D eigenvalue weighted by molar-refractivity contribution is 6.35. The van der Waals surface area contributed by atoms with E-state index in [-0.39, 0.29) is 11.8 Å². The van der Waals surface area contributed by atoms with E-state index in [4.69, 9.17) is 23.2 Å². The van der Waals surface area contributed by atoms with Crippen molar-refractivity contribution in [2.24, 2.45) is 0 Å². The maximum Gasteiger partial charge on any atom is 0.256 e. The number of rotatable bonds is 5. The highest BCUT2D eigenvalue weighted by Crippen LogP contribution is 2.26.